The Bertz CT molecular complexity index is 909. The third-order valence-electron chi connectivity index (χ3n) is 4.86. The van der Waals surface area contributed by atoms with Crippen LogP contribution in [0.4, 0.5) is 5.82 Å². The minimum absolute atomic E-state index is 0.0835. The van der Waals surface area contributed by atoms with Crippen molar-refractivity contribution in [3.63, 3.8) is 0 Å². The smallest absolute Gasteiger partial charge is 0.271 e. The predicted molar refractivity (Wildman–Crippen MR) is 96.5 cm³/mol. The van der Waals surface area contributed by atoms with Gasteiger partial charge in [-0.2, -0.15) is 0 Å². The lowest BCUT2D eigenvalue weighted by Gasteiger charge is -2.13. The first-order valence-corrected chi connectivity index (χ1v) is 8.69. The lowest BCUT2D eigenvalue weighted by Crippen LogP contribution is -2.16. The van der Waals surface area contributed by atoms with Crippen LogP contribution in [-0.2, 0) is 18.4 Å². The van der Waals surface area contributed by atoms with Gasteiger partial charge in [0.1, 0.15) is 5.82 Å². The molecular weight excluding hydrogens is 318 g/mol. The zero-order chi connectivity index (χ0) is 17.2. The molecule has 1 aliphatic carbocycles. The SMILES string of the molecule is Cn1cnc(NC2CCC(COCc3ccc4c(=O)[nH][nH]c4c3)C2)c1. The highest BCUT2D eigenvalue weighted by Gasteiger charge is 2.25. The summed E-state index contributed by atoms with van der Waals surface area (Å²) in [6.07, 6.45) is 7.26. The van der Waals surface area contributed by atoms with Crippen molar-refractivity contribution in [3.05, 3.63) is 46.6 Å². The number of benzene rings is 1. The summed E-state index contributed by atoms with van der Waals surface area (Å²) < 4.78 is 7.86. The van der Waals surface area contributed by atoms with Gasteiger partial charge < -0.3 is 14.6 Å². The molecule has 7 heteroatoms. The number of hydrogen-bond donors (Lipinski definition) is 3. The number of H-pyrrole nitrogens is 2. The second kappa shape index (κ2) is 6.76. The first-order chi connectivity index (χ1) is 12.2. The molecular formula is C18H23N5O2. The van der Waals surface area contributed by atoms with Gasteiger partial charge in [0.2, 0.25) is 0 Å². The summed E-state index contributed by atoms with van der Waals surface area (Å²) >= 11 is 0. The van der Waals surface area contributed by atoms with Crippen LogP contribution in [0.3, 0.4) is 0 Å². The van der Waals surface area contributed by atoms with Gasteiger partial charge in [-0.1, -0.05) is 6.07 Å². The normalized spacial score (nSPS) is 20.4. The quantitative estimate of drug-likeness (QED) is 0.642. The van der Waals surface area contributed by atoms with Gasteiger partial charge in [0.25, 0.3) is 5.56 Å². The van der Waals surface area contributed by atoms with Crippen LogP contribution in [0.5, 0.6) is 0 Å². The number of aromatic nitrogens is 4. The summed E-state index contributed by atoms with van der Waals surface area (Å²) in [5.74, 6) is 1.53. The van der Waals surface area contributed by atoms with Crippen molar-refractivity contribution in [2.45, 2.75) is 31.9 Å². The van der Waals surface area contributed by atoms with Crippen LogP contribution in [-0.4, -0.2) is 32.4 Å². The van der Waals surface area contributed by atoms with Crippen LogP contribution in [0.1, 0.15) is 24.8 Å². The van der Waals surface area contributed by atoms with Crippen LogP contribution >= 0.6 is 0 Å². The van der Waals surface area contributed by atoms with Crippen molar-refractivity contribution in [1.82, 2.24) is 19.7 Å². The maximum Gasteiger partial charge on any atom is 0.271 e. The molecule has 4 rings (SSSR count). The fraction of sp³-hybridized carbons (Fsp3) is 0.444. The molecule has 0 spiro atoms. The van der Waals surface area contributed by atoms with Gasteiger partial charge in [-0.25, -0.2) is 4.98 Å². The molecule has 0 aliphatic heterocycles. The van der Waals surface area contributed by atoms with Gasteiger partial charge in [0, 0.05) is 25.9 Å². The third kappa shape index (κ3) is 3.61. The number of hydrogen-bond acceptors (Lipinski definition) is 4. The molecule has 2 heterocycles. The van der Waals surface area contributed by atoms with Gasteiger partial charge in [-0.3, -0.25) is 15.0 Å². The van der Waals surface area contributed by atoms with Crippen LogP contribution in [0.15, 0.2) is 35.5 Å². The Morgan fingerprint density at radius 1 is 1.36 bits per heavy atom. The Morgan fingerprint density at radius 2 is 2.28 bits per heavy atom. The molecule has 0 radical (unpaired) electrons. The molecule has 2 unspecified atom stereocenters. The molecule has 0 saturated heterocycles. The van der Waals surface area contributed by atoms with Crippen molar-refractivity contribution in [3.8, 4) is 0 Å². The lowest BCUT2D eigenvalue weighted by molar-refractivity contribution is 0.0887. The molecule has 25 heavy (non-hydrogen) atoms. The Labute approximate surface area is 145 Å². The minimum Gasteiger partial charge on any atom is -0.376 e. The van der Waals surface area contributed by atoms with Crippen molar-refractivity contribution < 1.29 is 4.74 Å². The van der Waals surface area contributed by atoms with Crippen LogP contribution < -0.4 is 10.9 Å². The van der Waals surface area contributed by atoms with Crippen molar-refractivity contribution >= 4 is 16.7 Å². The van der Waals surface area contributed by atoms with E-state index in [1.54, 1.807) is 0 Å². The summed E-state index contributed by atoms with van der Waals surface area (Å²) in [7, 11) is 1.98. The van der Waals surface area contributed by atoms with E-state index < -0.39 is 0 Å². The van der Waals surface area contributed by atoms with Crippen molar-refractivity contribution in [2.24, 2.45) is 13.0 Å². The first-order valence-electron chi connectivity index (χ1n) is 8.69. The van der Waals surface area contributed by atoms with Crippen LogP contribution in [0.25, 0.3) is 10.9 Å². The summed E-state index contributed by atoms with van der Waals surface area (Å²) in [5, 5.41) is 9.66. The largest absolute Gasteiger partial charge is 0.376 e. The average molecular weight is 341 g/mol. The van der Waals surface area contributed by atoms with E-state index in [4.69, 9.17) is 4.74 Å². The number of anilines is 1. The molecule has 2 aromatic heterocycles. The second-order valence-corrected chi connectivity index (χ2v) is 6.92. The Balaban J connectivity index is 1.25. The molecule has 3 N–H and O–H groups in total. The van der Waals surface area contributed by atoms with E-state index in [0.717, 1.165) is 36.3 Å². The second-order valence-electron chi connectivity index (χ2n) is 6.92. The molecule has 1 fully saturated rings. The number of nitrogens with one attached hydrogen (secondary N) is 3. The number of ether oxygens (including phenoxy) is 1. The van der Waals surface area contributed by atoms with E-state index in [0.29, 0.717) is 24.0 Å². The van der Waals surface area contributed by atoms with Crippen molar-refractivity contribution in [1.29, 1.82) is 0 Å². The number of rotatable bonds is 6. The zero-order valence-electron chi connectivity index (χ0n) is 14.3. The predicted octanol–water partition coefficient (Wildman–Crippen LogP) is 2.39. The molecule has 1 saturated carbocycles. The molecule has 1 aliphatic rings. The van der Waals surface area contributed by atoms with Crippen LogP contribution in [0.2, 0.25) is 0 Å². The van der Waals surface area contributed by atoms with Gasteiger partial charge in [-0.05, 0) is 42.9 Å². The molecule has 0 bridgehead atoms. The lowest BCUT2D eigenvalue weighted by atomic mass is 10.1. The summed E-state index contributed by atoms with van der Waals surface area (Å²) in [6.45, 7) is 1.33. The number of nitrogens with zero attached hydrogens (tertiary/aromatic N) is 2. The summed E-state index contributed by atoms with van der Waals surface area (Å²) in [4.78, 5) is 15.8. The molecule has 3 aromatic rings. The number of imidazole rings is 1. The van der Waals surface area contributed by atoms with E-state index in [1.807, 2.05) is 42.3 Å². The third-order valence-corrected chi connectivity index (χ3v) is 4.86. The highest BCUT2D eigenvalue weighted by atomic mass is 16.5. The molecule has 0 amide bonds. The Morgan fingerprint density at radius 3 is 3.12 bits per heavy atom. The molecule has 7 nitrogen and oxygen atoms in total. The number of aryl methyl sites for hydroxylation is 1. The molecule has 1 aromatic carbocycles. The zero-order valence-corrected chi connectivity index (χ0v) is 14.3. The van der Waals surface area contributed by atoms with Crippen LogP contribution in [0, 0.1) is 5.92 Å². The maximum atomic E-state index is 11.5. The maximum absolute atomic E-state index is 11.5. The monoisotopic (exact) mass is 341 g/mol. The van der Waals surface area contributed by atoms with Crippen molar-refractivity contribution in [2.75, 3.05) is 11.9 Å². The van der Waals surface area contributed by atoms with E-state index in [1.165, 1.54) is 6.42 Å². The Kier molecular flexibility index (Phi) is 4.31. The minimum atomic E-state index is -0.0835. The number of fused-ring (bicyclic) bond motifs is 1. The van der Waals surface area contributed by atoms with E-state index >= 15 is 0 Å². The Hall–Kier alpha value is -2.54. The van der Waals surface area contributed by atoms with E-state index in [2.05, 4.69) is 20.5 Å². The van der Waals surface area contributed by atoms with E-state index in [-0.39, 0.29) is 5.56 Å². The highest BCUT2D eigenvalue weighted by molar-refractivity contribution is 5.78. The number of aromatic amines is 2. The fourth-order valence-corrected chi connectivity index (χ4v) is 3.57. The van der Waals surface area contributed by atoms with Gasteiger partial charge >= 0.3 is 0 Å². The molecule has 132 valence electrons. The first kappa shape index (κ1) is 16.0. The fourth-order valence-electron chi connectivity index (χ4n) is 3.57. The molecule has 2 atom stereocenters. The van der Waals surface area contributed by atoms with Gasteiger partial charge in [0.15, 0.2) is 0 Å². The topological polar surface area (TPSA) is 87.7 Å². The summed E-state index contributed by atoms with van der Waals surface area (Å²) in [5.41, 5.74) is 1.82. The van der Waals surface area contributed by atoms with Gasteiger partial charge in [-0.15, -0.1) is 0 Å². The highest BCUT2D eigenvalue weighted by Crippen LogP contribution is 2.28. The van der Waals surface area contributed by atoms with E-state index in [9.17, 15) is 4.79 Å². The standard InChI is InChI=1S/C18H23N5O2/c1-23-8-17(19-11-23)20-14-4-2-12(6-14)9-25-10-13-3-5-15-16(7-13)21-22-18(15)24/h3,5,7-8,11-12,14,20H,2,4,6,9-10H2,1H3,(H2,21,22,24). The summed E-state index contributed by atoms with van der Waals surface area (Å²) in [6, 6.07) is 6.23. The van der Waals surface area contributed by atoms with Gasteiger partial charge in [0.05, 0.1) is 23.8 Å². The average Bonchev–Trinajstić information content (AvgIpc) is 3.30.